The molecular weight excluding hydrogens is 360 g/mol. The zero-order chi connectivity index (χ0) is 19.5. The van der Waals surface area contributed by atoms with Crippen LogP contribution in [0, 0.1) is 0 Å². The van der Waals surface area contributed by atoms with Gasteiger partial charge in [-0.15, -0.1) is 0 Å². The number of rotatable bonds is 6. The van der Waals surface area contributed by atoms with Crippen molar-refractivity contribution in [1.29, 1.82) is 0 Å². The molecule has 0 saturated carbocycles. The Hall–Kier alpha value is -3.93. The molecule has 5 aromatic rings. The largest absolute Gasteiger partial charge is 0.366 e. The molecule has 0 bridgehead atoms. The molecule has 4 heterocycles. The molecule has 29 heavy (non-hydrogen) atoms. The van der Waals surface area contributed by atoms with Crippen molar-refractivity contribution in [3.63, 3.8) is 0 Å². The third kappa shape index (κ3) is 3.73. The summed E-state index contributed by atoms with van der Waals surface area (Å²) in [7, 11) is 0. The van der Waals surface area contributed by atoms with Gasteiger partial charge in [0, 0.05) is 49.5 Å². The van der Waals surface area contributed by atoms with E-state index in [0.29, 0.717) is 6.54 Å². The van der Waals surface area contributed by atoms with Crippen molar-refractivity contribution in [3.8, 4) is 11.1 Å². The maximum atomic E-state index is 4.71. The molecule has 2 N–H and O–H groups in total. The highest BCUT2D eigenvalue weighted by molar-refractivity contribution is 5.94. The van der Waals surface area contributed by atoms with Gasteiger partial charge in [-0.1, -0.05) is 24.3 Å². The Morgan fingerprint density at radius 1 is 0.897 bits per heavy atom. The second-order valence-electron chi connectivity index (χ2n) is 6.94. The van der Waals surface area contributed by atoms with Gasteiger partial charge >= 0.3 is 0 Å². The van der Waals surface area contributed by atoms with Crippen LogP contribution in [0.3, 0.4) is 0 Å². The van der Waals surface area contributed by atoms with Gasteiger partial charge in [0.1, 0.15) is 11.5 Å². The smallest absolute Gasteiger partial charge is 0.140 e. The van der Waals surface area contributed by atoms with Crippen LogP contribution in [0.15, 0.2) is 85.8 Å². The number of hydrogen-bond donors (Lipinski definition) is 2. The van der Waals surface area contributed by atoms with Crippen molar-refractivity contribution in [2.45, 2.75) is 13.1 Å². The third-order valence-corrected chi connectivity index (χ3v) is 4.94. The van der Waals surface area contributed by atoms with E-state index in [1.54, 1.807) is 18.6 Å². The molecule has 6 nitrogen and oxygen atoms in total. The minimum atomic E-state index is 0.699. The number of hydrogen-bond acceptors (Lipinski definition) is 4. The van der Waals surface area contributed by atoms with Gasteiger partial charge in [0.15, 0.2) is 0 Å². The van der Waals surface area contributed by atoms with Gasteiger partial charge in [0.2, 0.25) is 0 Å². The predicted octanol–water partition coefficient (Wildman–Crippen LogP) is 4.48. The van der Waals surface area contributed by atoms with Gasteiger partial charge in [-0.3, -0.25) is 4.98 Å². The van der Waals surface area contributed by atoms with Crippen LogP contribution in [-0.2, 0) is 13.1 Å². The Morgan fingerprint density at radius 2 is 1.76 bits per heavy atom. The van der Waals surface area contributed by atoms with Gasteiger partial charge in [0.05, 0.1) is 6.33 Å². The quantitative estimate of drug-likeness (QED) is 0.456. The fraction of sp³-hybridized carbons (Fsp3) is 0.0870. The lowest BCUT2D eigenvalue weighted by atomic mass is 10.0. The number of pyridine rings is 2. The van der Waals surface area contributed by atoms with Gasteiger partial charge < -0.3 is 14.9 Å². The Morgan fingerprint density at radius 3 is 2.55 bits per heavy atom. The number of aromatic nitrogens is 5. The van der Waals surface area contributed by atoms with Crippen molar-refractivity contribution < 1.29 is 0 Å². The first-order valence-corrected chi connectivity index (χ1v) is 9.51. The number of benzene rings is 1. The molecule has 0 radical (unpaired) electrons. The van der Waals surface area contributed by atoms with E-state index in [-0.39, 0.29) is 0 Å². The van der Waals surface area contributed by atoms with E-state index in [2.05, 4.69) is 61.2 Å². The average Bonchev–Trinajstić information content (AvgIpc) is 3.45. The van der Waals surface area contributed by atoms with Crippen molar-refractivity contribution in [3.05, 3.63) is 97.0 Å². The lowest BCUT2D eigenvalue weighted by molar-refractivity contribution is 0.797. The summed E-state index contributed by atoms with van der Waals surface area (Å²) in [6.45, 7) is 1.51. The van der Waals surface area contributed by atoms with E-state index < -0.39 is 0 Å². The molecule has 0 aliphatic heterocycles. The lowest BCUT2D eigenvalue weighted by Gasteiger charge is -2.11. The molecule has 142 valence electrons. The molecule has 0 aliphatic carbocycles. The Balaban J connectivity index is 1.43. The summed E-state index contributed by atoms with van der Waals surface area (Å²) in [5, 5.41) is 4.54. The molecule has 0 amide bonds. The minimum Gasteiger partial charge on any atom is -0.366 e. The predicted molar refractivity (Wildman–Crippen MR) is 114 cm³/mol. The second-order valence-corrected chi connectivity index (χ2v) is 6.94. The van der Waals surface area contributed by atoms with E-state index in [1.165, 1.54) is 16.7 Å². The summed E-state index contributed by atoms with van der Waals surface area (Å²) in [5.41, 5.74) is 5.60. The summed E-state index contributed by atoms with van der Waals surface area (Å²) in [6, 6.07) is 16.9. The number of nitrogens with zero attached hydrogens (tertiary/aromatic N) is 4. The van der Waals surface area contributed by atoms with Gasteiger partial charge in [-0.2, -0.15) is 0 Å². The fourth-order valence-electron chi connectivity index (χ4n) is 3.44. The van der Waals surface area contributed by atoms with Crippen LogP contribution in [0.25, 0.3) is 22.2 Å². The van der Waals surface area contributed by atoms with Crippen LogP contribution in [0.1, 0.15) is 11.1 Å². The molecule has 4 aromatic heterocycles. The molecule has 0 unspecified atom stereocenters. The Labute approximate surface area is 168 Å². The number of H-pyrrole nitrogens is 1. The zero-order valence-corrected chi connectivity index (χ0v) is 15.8. The SMILES string of the molecule is c1cc(CNc2cc(-c3ccc(Cn4ccnc4)cc3)c3cc[nH]c3n2)ccn1. The molecule has 0 atom stereocenters. The molecule has 0 aliphatic rings. The standard InChI is InChI=1S/C23H20N6/c1-3-19(4-2-18(1)15-29-12-11-25-16-29)21-13-22(28-23-20(21)7-10-26-23)27-14-17-5-8-24-9-6-17/h1-13,16H,14-15H2,(H2,26,27,28). The molecule has 6 heteroatoms. The zero-order valence-electron chi connectivity index (χ0n) is 15.8. The van der Waals surface area contributed by atoms with Crippen LogP contribution >= 0.6 is 0 Å². The van der Waals surface area contributed by atoms with E-state index in [9.17, 15) is 0 Å². The number of aromatic amines is 1. The summed E-state index contributed by atoms with van der Waals surface area (Å²) in [6.07, 6.45) is 11.1. The monoisotopic (exact) mass is 380 g/mol. The van der Waals surface area contributed by atoms with Crippen LogP contribution in [0.2, 0.25) is 0 Å². The highest BCUT2D eigenvalue weighted by Gasteiger charge is 2.09. The van der Waals surface area contributed by atoms with Crippen LogP contribution in [-0.4, -0.2) is 24.5 Å². The molecular formula is C23H20N6. The Bertz CT molecular complexity index is 1210. The molecule has 0 spiro atoms. The number of imidazole rings is 1. The Kier molecular flexibility index (Phi) is 4.50. The molecule has 0 saturated heterocycles. The first-order valence-electron chi connectivity index (χ1n) is 9.51. The fourth-order valence-corrected chi connectivity index (χ4v) is 3.44. The first kappa shape index (κ1) is 17.2. The summed E-state index contributed by atoms with van der Waals surface area (Å²) in [5.74, 6) is 0.842. The molecule has 0 fully saturated rings. The lowest BCUT2D eigenvalue weighted by Crippen LogP contribution is -2.02. The third-order valence-electron chi connectivity index (χ3n) is 4.94. The van der Waals surface area contributed by atoms with Crippen molar-refractivity contribution in [1.82, 2.24) is 24.5 Å². The van der Waals surface area contributed by atoms with Crippen LogP contribution in [0.5, 0.6) is 0 Å². The van der Waals surface area contributed by atoms with E-state index in [1.807, 2.05) is 30.9 Å². The molecule has 5 rings (SSSR count). The minimum absolute atomic E-state index is 0.699. The van der Waals surface area contributed by atoms with Gasteiger partial charge in [0.25, 0.3) is 0 Å². The van der Waals surface area contributed by atoms with E-state index >= 15 is 0 Å². The first-order chi connectivity index (χ1) is 14.3. The molecule has 1 aromatic carbocycles. The maximum absolute atomic E-state index is 4.71. The van der Waals surface area contributed by atoms with Gasteiger partial charge in [-0.05, 0) is 46.5 Å². The van der Waals surface area contributed by atoms with Crippen molar-refractivity contribution in [2.24, 2.45) is 0 Å². The highest BCUT2D eigenvalue weighted by atomic mass is 15.0. The van der Waals surface area contributed by atoms with Crippen molar-refractivity contribution in [2.75, 3.05) is 5.32 Å². The normalized spacial score (nSPS) is 11.0. The van der Waals surface area contributed by atoms with Crippen LogP contribution < -0.4 is 5.32 Å². The summed E-state index contributed by atoms with van der Waals surface area (Å²) >= 11 is 0. The highest BCUT2D eigenvalue weighted by Crippen LogP contribution is 2.30. The summed E-state index contributed by atoms with van der Waals surface area (Å²) < 4.78 is 2.06. The number of nitrogens with one attached hydrogen (secondary N) is 2. The average molecular weight is 380 g/mol. The maximum Gasteiger partial charge on any atom is 0.140 e. The number of anilines is 1. The van der Waals surface area contributed by atoms with E-state index in [0.717, 1.165) is 29.0 Å². The van der Waals surface area contributed by atoms with E-state index in [4.69, 9.17) is 4.98 Å². The van der Waals surface area contributed by atoms with Crippen LogP contribution in [0.4, 0.5) is 5.82 Å². The summed E-state index contributed by atoms with van der Waals surface area (Å²) in [4.78, 5) is 16.1. The topological polar surface area (TPSA) is 71.4 Å². The van der Waals surface area contributed by atoms with Gasteiger partial charge in [-0.25, -0.2) is 9.97 Å². The number of fused-ring (bicyclic) bond motifs is 1. The second kappa shape index (κ2) is 7.59. The van der Waals surface area contributed by atoms with Crippen molar-refractivity contribution >= 4 is 16.9 Å².